The minimum absolute atomic E-state index is 0.247. The van der Waals surface area contributed by atoms with Gasteiger partial charge in [0.2, 0.25) is 0 Å². The van der Waals surface area contributed by atoms with Crippen LogP contribution in [0.3, 0.4) is 0 Å². The van der Waals surface area contributed by atoms with Crippen LogP contribution in [0.25, 0.3) is 4.96 Å². The van der Waals surface area contributed by atoms with Gasteiger partial charge in [0.25, 0.3) is 0 Å². The van der Waals surface area contributed by atoms with Gasteiger partial charge in [-0.2, -0.15) is 0 Å². The standard InChI is InChI=1S/C12H7BrClFN2OS/c13-11-9(16-12-17(11)3-4-19-12)6-18-10-2-1-7(15)5-8(10)14/h1-5H,6H2. The molecule has 3 nitrogen and oxygen atoms in total. The van der Waals surface area contributed by atoms with Gasteiger partial charge in [0.1, 0.15) is 28.5 Å². The minimum atomic E-state index is -0.388. The van der Waals surface area contributed by atoms with Crippen molar-refractivity contribution in [3.8, 4) is 5.75 Å². The Morgan fingerprint density at radius 1 is 1.47 bits per heavy atom. The fourth-order valence-electron chi connectivity index (χ4n) is 1.63. The molecule has 0 aliphatic rings. The minimum Gasteiger partial charge on any atom is -0.486 e. The van der Waals surface area contributed by atoms with Gasteiger partial charge >= 0.3 is 0 Å². The lowest BCUT2D eigenvalue weighted by Crippen LogP contribution is -1.97. The second-order valence-electron chi connectivity index (χ2n) is 3.77. The van der Waals surface area contributed by atoms with E-state index in [2.05, 4.69) is 20.9 Å². The van der Waals surface area contributed by atoms with Crippen LogP contribution in [0.1, 0.15) is 5.69 Å². The van der Waals surface area contributed by atoms with Gasteiger partial charge < -0.3 is 4.74 Å². The topological polar surface area (TPSA) is 26.5 Å². The molecule has 0 unspecified atom stereocenters. The first-order valence-corrected chi connectivity index (χ1v) is 7.38. The number of rotatable bonds is 3. The van der Waals surface area contributed by atoms with E-state index in [4.69, 9.17) is 16.3 Å². The molecule has 3 aromatic rings. The summed E-state index contributed by atoms with van der Waals surface area (Å²) < 4.78 is 21.2. The molecule has 0 radical (unpaired) electrons. The number of imidazole rings is 1. The van der Waals surface area contributed by atoms with Gasteiger partial charge in [0, 0.05) is 11.6 Å². The third kappa shape index (κ3) is 2.48. The smallest absolute Gasteiger partial charge is 0.194 e. The molecule has 3 rings (SSSR count). The predicted molar refractivity (Wildman–Crippen MR) is 76.5 cm³/mol. The van der Waals surface area contributed by atoms with E-state index in [-0.39, 0.29) is 17.4 Å². The number of thiazole rings is 1. The summed E-state index contributed by atoms with van der Waals surface area (Å²) in [5, 5.41) is 2.20. The summed E-state index contributed by atoms with van der Waals surface area (Å²) in [7, 11) is 0. The zero-order valence-electron chi connectivity index (χ0n) is 9.44. The van der Waals surface area contributed by atoms with E-state index < -0.39 is 0 Å². The SMILES string of the molecule is Fc1ccc(OCc2nc3sccn3c2Br)c(Cl)c1. The molecule has 0 amide bonds. The molecule has 0 N–H and O–H groups in total. The van der Waals surface area contributed by atoms with E-state index in [0.717, 1.165) is 15.3 Å². The van der Waals surface area contributed by atoms with E-state index in [1.807, 2.05) is 16.0 Å². The predicted octanol–water partition coefficient (Wildman–Crippen LogP) is 4.53. The molecule has 19 heavy (non-hydrogen) atoms. The van der Waals surface area contributed by atoms with Crippen molar-refractivity contribution in [1.29, 1.82) is 0 Å². The van der Waals surface area contributed by atoms with Crippen molar-refractivity contribution in [3.63, 3.8) is 0 Å². The molecular weight excluding hydrogens is 355 g/mol. The third-order valence-corrected chi connectivity index (χ3v) is 4.42. The Hall–Kier alpha value is -1.11. The molecule has 0 saturated heterocycles. The van der Waals surface area contributed by atoms with Crippen LogP contribution in [0.15, 0.2) is 34.4 Å². The van der Waals surface area contributed by atoms with Crippen molar-refractivity contribution in [1.82, 2.24) is 9.38 Å². The Morgan fingerprint density at radius 2 is 2.32 bits per heavy atom. The molecule has 0 fully saturated rings. The van der Waals surface area contributed by atoms with Gasteiger partial charge in [-0.3, -0.25) is 4.40 Å². The largest absolute Gasteiger partial charge is 0.486 e. The first-order chi connectivity index (χ1) is 9.15. The number of ether oxygens (including phenoxy) is 1. The quantitative estimate of drug-likeness (QED) is 0.685. The molecule has 0 aliphatic carbocycles. The third-order valence-electron chi connectivity index (χ3n) is 2.53. The Balaban J connectivity index is 1.82. The molecule has 2 heterocycles. The Bertz CT molecular complexity index is 742. The molecule has 2 aromatic heterocycles. The number of aromatic nitrogens is 2. The maximum absolute atomic E-state index is 12.9. The zero-order valence-corrected chi connectivity index (χ0v) is 12.6. The summed E-state index contributed by atoms with van der Waals surface area (Å²) >= 11 is 10.9. The normalized spacial score (nSPS) is 11.1. The van der Waals surface area contributed by atoms with Crippen LogP contribution in [0.5, 0.6) is 5.75 Å². The average Bonchev–Trinajstić information content (AvgIpc) is 2.93. The first kappa shape index (κ1) is 12.9. The van der Waals surface area contributed by atoms with Gasteiger partial charge in [0.05, 0.1) is 5.02 Å². The monoisotopic (exact) mass is 360 g/mol. The van der Waals surface area contributed by atoms with Crippen LogP contribution in [-0.4, -0.2) is 9.38 Å². The van der Waals surface area contributed by atoms with Crippen LogP contribution >= 0.6 is 38.9 Å². The van der Waals surface area contributed by atoms with Gasteiger partial charge in [-0.05, 0) is 34.1 Å². The first-order valence-electron chi connectivity index (χ1n) is 5.33. The second-order valence-corrected chi connectivity index (χ2v) is 5.80. The lowest BCUT2D eigenvalue weighted by molar-refractivity contribution is 0.301. The summed E-state index contributed by atoms with van der Waals surface area (Å²) in [4.78, 5) is 5.31. The maximum Gasteiger partial charge on any atom is 0.194 e. The van der Waals surface area contributed by atoms with E-state index in [1.165, 1.54) is 29.5 Å². The summed E-state index contributed by atoms with van der Waals surface area (Å²) in [6.45, 7) is 0.264. The molecule has 1 aromatic carbocycles. The summed E-state index contributed by atoms with van der Waals surface area (Å²) in [6.07, 6.45) is 1.92. The highest BCUT2D eigenvalue weighted by molar-refractivity contribution is 9.10. The molecule has 7 heteroatoms. The van der Waals surface area contributed by atoms with Gasteiger partial charge in [-0.1, -0.05) is 11.6 Å². The van der Waals surface area contributed by atoms with Gasteiger partial charge in [-0.25, -0.2) is 9.37 Å². The Kier molecular flexibility index (Phi) is 3.47. The van der Waals surface area contributed by atoms with Crippen LogP contribution in [0.4, 0.5) is 4.39 Å². The Morgan fingerprint density at radius 3 is 3.05 bits per heavy atom. The zero-order chi connectivity index (χ0) is 13.4. The number of hydrogen-bond donors (Lipinski definition) is 0. The molecule has 0 atom stereocenters. The van der Waals surface area contributed by atoms with E-state index >= 15 is 0 Å². The summed E-state index contributed by atoms with van der Waals surface area (Å²) in [5.41, 5.74) is 0.771. The van der Waals surface area contributed by atoms with Crippen molar-refractivity contribution in [2.24, 2.45) is 0 Å². The van der Waals surface area contributed by atoms with Crippen molar-refractivity contribution in [2.45, 2.75) is 6.61 Å². The number of fused-ring (bicyclic) bond motifs is 1. The van der Waals surface area contributed by atoms with Crippen molar-refractivity contribution in [3.05, 3.63) is 50.9 Å². The molecule has 98 valence electrons. The lowest BCUT2D eigenvalue weighted by atomic mass is 10.3. The van der Waals surface area contributed by atoms with Crippen molar-refractivity contribution >= 4 is 43.8 Å². The average molecular weight is 362 g/mol. The van der Waals surface area contributed by atoms with Crippen molar-refractivity contribution in [2.75, 3.05) is 0 Å². The van der Waals surface area contributed by atoms with E-state index in [1.54, 1.807) is 0 Å². The molecule has 0 aliphatic heterocycles. The fraction of sp³-hybridized carbons (Fsp3) is 0.0833. The second kappa shape index (κ2) is 5.11. The van der Waals surface area contributed by atoms with Crippen LogP contribution in [0, 0.1) is 5.82 Å². The lowest BCUT2D eigenvalue weighted by Gasteiger charge is -2.06. The van der Waals surface area contributed by atoms with Crippen molar-refractivity contribution < 1.29 is 9.13 Å². The highest BCUT2D eigenvalue weighted by atomic mass is 79.9. The highest BCUT2D eigenvalue weighted by Gasteiger charge is 2.12. The van der Waals surface area contributed by atoms with E-state index in [9.17, 15) is 4.39 Å². The highest BCUT2D eigenvalue weighted by Crippen LogP contribution is 2.27. The number of hydrogen-bond acceptors (Lipinski definition) is 3. The molecule has 0 bridgehead atoms. The number of halogens is 3. The van der Waals surface area contributed by atoms with Crippen LogP contribution in [0.2, 0.25) is 5.02 Å². The maximum atomic E-state index is 12.9. The number of nitrogens with zero attached hydrogens (tertiary/aromatic N) is 2. The molecule has 0 spiro atoms. The molecular formula is C12H7BrClFN2OS. The van der Waals surface area contributed by atoms with Gasteiger partial charge in [0.15, 0.2) is 4.96 Å². The Labute approximate surface area is 125 Å². The van der Waals surface area contributed by atoms with Gasteiger partial charge in [-0.15, -0.1) is 11.3 Å². The van der Waals surface area contributed by atoms with Crippen LogP contribution in [-0.2, 0) is 6.61 Å². The summed E-state index contributed by atoms with van der Waals surface area (Å²) in [5.74, 6) is 0.0485. The fourth-order valence-corrected chi connectivity index (χ4v) is 3.19. The summed E-state index contributed by atoms with van der Waals surface area (Å²) in [6, 6.07) is 4.03. The van der Waals surface area contributed by atoms with E-state index in [0.29, 0.717) is 5.75 Å². The van der Waals surface area contributed by atoms with Crippen LogP contribution < -0.4 is 4.74 Å². The molecule has 0 saturated carbocycles. The number of benzene rings is 1.